The van der Waals surface area contributed by atoms with E-state index in [4.69, 9.17) is 11.6 Å². The summed E-state index contributed by atoms with van der Waals surface area (Å²) in [6.07, 6.45) is 3.93. The van der Waals surface area contributed by atoms with Crippen molar-refractivity contribution in [1.82, 2.24) is 15.1 Å². The van der Waals surface area contributed by atoms with Crippen molar-refractivity contribution in [1.29, 1.82) is 0 Å². The maximum Gasteiger partial charge on any atom is 0.0534 e. The minimum absolute atomic E-state index is 0.318. The molecular weight excluding hydrogens is 246 g/mol. The molecule has 0 aliphatic carbocycles. The van der Waals surface area contributed by atoms with Crippen LogP contribution >= 0.6 is 11.6 Å². The topological polar surface area (TPSA) is 29.9 Å². The summed E-state index contributed by atoms with van der Waals surface area (Å²) < 4.78 is 1.96. The highest BCUT2D eigenvalue weighted by molar-refractivity contribution is 6.30. The minimum atomic E-state index is 0.318. The Kier molecular flexibility index (Phi) is 4.39. The molecule has 0 spiro atoms. The molecule has 0 saturated carbocycles. The van der Waals surface area contributed by atoms with Gasteiger partial charge < -0.3 is 5.32 Å². The first-order valence-corrected chi connectivity index (χ1v) is 6.51. The van der Waals surface area contributed by atoms with Crippen LogP contribution in [0, 0.1) is 6.92 Å². The molecule has 0 amide bonds. The van der Waals surface area contributed by atoms with E-state index < -0.39 is 0 Å². The number of benzene rings is 1. The summed E-state index contributed by atoms with van der Waals surface area (Å²) in [7, 11) is 0. The van der Waals surface area contributed by atoms with Crippen LogP contribution in [0.2, 0.25) is 5.02 Å². The van der Waals surface area contributed by atoms with Gasteiger partial charge in [0.15, 0.2) is 0 Å². The molecule has 1 unspecified atom stereocenters. The molecule has 0 aliphatic heterocycles. The van der Waals surface area contributed by atoms with Crippen LogP contribution in [0.3, 0.4) is 0 Å². The van der Waals surface area contributed by atoms with Crippen molar-refractivity contribution in [3.05, 3.63) is 52.8 Å². The van der Waals surface area contributed by atoms with Gasteiger partial charge in [0.25, 0.3) is 0 Å². The van der Waals surface area contributed by atoms with Crippen molar-refractivity contribution < 1.29 is 0 Å². The van der Waals surface area contributed by atoms with E-state index in [1.165, 1.54) is 11.1 Å². The Morgan fingerprint density at radius 1 is 1.33 bits per heavy atom. The zero-order valence-corrected chi connectivity index (χ0v) is 11.5. The Balaban J connectivity index is 1.81. The Labute approximate surface area is 113 Å². The van der Waals surface area contributed by atoms with Gasteiger partial charge in [-0.1, -0.05) is 23.7 Å². The number of aryl methyl sites for hydroxylation is 1. The number of aromatic nitrogens is 2. The number of nitrogens with one attached hydrogen (secondary N) is 1. The van der Waals surface area contributed by atoms with Crippen molar-refractivity contribution in [2.45, 2.75) is 26.4 Å². The normalized spacial score (nSPS) is 12.6. The van der Waals surface area contributed by atoms with Crippen molar-refractivity contribution in [2.75, 3.05) is 6.54 Å². The number of nitrogens with zero attached hydrogens (tertiary/aromatic N) is 2. The lowest BCUT2D eigenvalue weighted by Crippen LogP contribution is -2.23. The van der Waals surface area contributed by atoms with Crippen LogP contribution in [0.4, 0.5) is 0 Å². The van der Waals surface area contributed by atoms with Gasteiger partial charge in [-0.2, -0.15) is 5.10 Å². The van der Waals surface area contributed by atoms with Crippen LogP contribution in [0.5, 0.6) is 0 Å². The van der Waals surface area contributed by atoms with Gasteiger partial charge >= 0.3 is 0 Å². The molecule has 4 heteroatoms. The third kappa shape index (κ3) is 3.59. The van der Waals surface area contributed by atoms with Gasteiger partial charge in [-0.15, -0.1) is 0 Å². The van der Waals surface area contributed by atoms with Crippen LogP contribution in [0.1, 0.15) is 24.1 Å². The quantitative estimate of drug-likeness (QED) is 0.898. The molecule has 1 atom stereocenters. The molecule has 0 saturated heterocycles. The van der Waals surface area contributed by atoms with Crippen molar-refractivity contribution >= 4 is 11.6 Å². The fourth-order valence-corrected chi connectivity index (χ4v) is 1.98. The first kappa shape index (κ1) is 13.1. The molecule has 0 radical (unpaired) electrons. The molecule has 18 heavy (non-hydrogen) atoms. The van der Waals surface area contributed by atoms with E-state index in [2.05, 4.69) is 35.7 Å². The highest BCUT2D eigenvalue weighted by atomic mass is 35.5. The molecular formula is C14H18ClN3. The van der Waals surface area contributed by atoms with Crippen LogP contribution in [0.25, 0.3) is 0 Å². The third-order valence-corrected chi connectivity index (χ3v) is 3.18. The summed E-state index contributed by atoms with van der Waals surface area (Å²) in [6, 6.07) is 8.27. The van der Waals surface area contributed by atoms with E-state index in [1.54, 1.807) is 0 Å². The second-order valence-electron chi connectivity index (χ2n) is 4.51. The van der Waals surface area contributed by atoms with Crippen LogP contribution in [0.15, 0.2) is 36.7 Å². The van der Waals surface area contributed by atoms with Crippen LogP contribution in [-0.2, 0) is 6.54 Å². The highest BCUT2D eigenvalue weighted by Gasteiger charge is 2.04. The molecule has 3 nitrogen and oxygen atoms in total. The van der Waals surface area contributed by atoms with Crippen molar-refractivity contribution in [2.24, 2.45) is 0 Å². The first-order valence-electron chi connectivity index (χ1n) is 6.13. The average molecular weight is 264 g/mol. The summed E-state index contributed by atoms with van der Waals surface area (Å²) in [6.45, 7) is 5.97. The molecule has 1 N–H and O–H groups in total. The first-order chi connectivity index (χ1) is 8.65. The third-order valence-electron chi connectivity index (χ3n) is 2.92. The van der Waals surface area contributed by atoms with Gasteiger partial charge in [-0.3, -0.25) is 4.68 Å². The number of hydrogen-bond donors (Lipinski definition) is 1. The predicted molar refractivity (Wildman–Crippen MR) is 74.8 cm³/mol. The summed E-state index contributed by atoms with van der Waals surface area (Å²) in [5.74, 6) is 0. The molecule has 1 aromatic carbocycles. The molecule has 2 rings (SSSR count). The van der Waals surface area contributed by atoms with Gasteiger partial charge in [-0.05, 0) is 37.1 Å². The van der Waals surface area contributed by atoms with Crippen LogP contribution < -0.4 is 5.32 Å². The van der Waals surface area contributed by atoms with E-state index in [-0.39, 0.29) is 0 Å². The lowest BCUT2D eigenvalue weighted by molar-refractivity contribution is 0.507. The summed E-state index contributed by atoms with van der Waals surface area (Å²) >= 11 is 5.87. The predicted octanol–water partition coefficient (Wildman–Crippen LogP) is 3.20. The lowest BCUT2D eigenvalue weighted by atomic mass is 10.1. The Bertz CT molecular complexity index is 490. The van der Waals surface area contributed by atoms with E-state index in [0.29, 0.717) is 6.04 Å². The van der Waals surface area contributed by atoms with Gasteiger partial charge in [-0.25, -0.2) is 0 Å². The molecule has 1 heterocycles. The largest absolute Gasteiger partial charge is 0.308 e. The maximum absolute atomic E-state index is 5.87. The SMILES string of the molecule is Cc1cnn(CCNC(C)c2ccc(Cl)cc2)c1. The van der Waals surface area contributed by atoms with E-state index >= 15 is 0 Å². The van der Waals surface area contributed by atoms with Gasteiger partial charge in [0.2, 0.25) is 0 Å². The van der Waals surface area contributed by atoms with Crippen molar-refractivity contribution in [3.8, 4) is 0 Å². The standard InChI is InChI=1S/C14H18ClN3/c1-11-9-17-18(10-11)8-7-16-12(2)13-3-5-14(15)6-4-13/h3-6,9-10,12,16H,7-8H2,1-2H3. The van der Waals surface area contributed by atoms with Crippen LogP contribution in [-0.4, -0.2) is 16.3 Å². The van der Waals surface area contributed by atoms with E-state index in [9.17, 15) is 0 Å². The second-order valence-corrected chi connectivity index (χ2v) is 4.94. The Morgan fingerprint density at radius 3 is 2.67 bits per heavy atom. The zero-order valence-electron chi connectivity index (χ0n) is 10.7. The fourth-order valence-electron chi connectivity index (χ4n) is 1.85. The smallest absolute Gasteiger partial charge is 0.0534 e. The average Bonchev–Trinajstić information content (AvgIpc) is 2.76. The van der Waals surface area contributed by atoms with Gasteiger partial charge in [0, 0.05) is 23.8 Å². The Hall–Kier alpha value is -1.32. The minimum Gasteiger partial charge on any atom is -0.308 e. The molecule has 0 aliphatic rings. The van der Waals surface area contributed by atoms with Crippen molar-refractivity contribution in [3.63, 3.8) is 0 Å². The molecule has 96 valence electrons. The second kappa shape index (κ2) is 6.03. The van der Waals surface area contributed by atoms with E-state index in [0.717, 1.165) is 18.1 Å². The summed E-state index contributed by atoms with van der Waals surface area (Å²) in [5.41, 5.74) is 2.44. The lowest BCUT2D eigenvalue weighted by Gasteiger charge is -2.14. The number of rotatable bonds is 5. The van der Waals surface area contributed by atoms with Gasteiger partial charge in [0.1, 0.15) is 0 Å². The van der Waals surface area contributed by atoms with Gasteiger partial charge in [0.05, 0.1) is 12.7 Å². The number of halogens is 1. The monoisotopic (exact) mass is 263 g/mol. The van der Waals surface area contributed by atoms with E-state index in [1.807, 2.05) is 29.9 Å². The highest BCUT2D eigenvalue weighted by Crippen LogP contribution is 2.15. The fraction of sp³-hybridized carbons (Fsp3) is 0.357. The molecule has 2 aromatic rings. The number of hydrogen-bond acceptors (Lipinski definition) is 2. The molecule has 0 fully saturated rings. The summed E-state index contributed by atoms with van der Waals surface area (Å²) in [5, 5.41) is 8.50. The zero-order chi connectivity index (χ0) is 13.0. The Morgan fingerprint density at radius 2 is 2.06 bits per heavy atom. The molecule has 0 bridgehead atoms. The maximum atomic E-state index is 5.87. The molecule has 1 aromatic heterocycles. The summed E-state index contributed by atoms with van der Waals surface area (Å²) in [4.78, 5) is 0.